The molecule has 0 saturated carbocycles. The standard InChI is InChI=1S/C9H8F2O3.C2H6/c1-5(9(12)13)14-6-2-3-7(10)8(11)4-6;1-2/h2-5H,1H3,(H,12,13);1-2H3. The number of carboxylic acids is 1. The molecule has 0 aromatic heterocycles. The minimum Gasteiger partial charge on any atom is -0.479 e. The highest BCUT2D eigenvalue weighted by molar-refractivity contribution is 5.72. The Bertz CT molecular complexity index is 353. The fraction of sp³-hybridized carbons (Fsp3) is 0.364. The number of halogens is 2. The third-order valence-electron chi connectivity index (χ3n) is 1.55. The minimum absolute atomic E-state index is 0.0150. The molecule has 0 spiro atoms. The van der Waals surface area contributed by atoms with E-state index in [0.29, 0.717) is 0 Å². The van der Waals surface area contributed by atoms with Gasteiger partial charge in [0, 0.05) is 6.07 Å². The third kappa shape index (κ3) is 4.25. The van der Waals surface area contributed by atoms with Crippen molar-refractivity contribution in [2.45, 2.75) is 26.9 Å². The molecule has 0 aliphatic heterocycles. The molecule has 1 aromatic carbocycles. The number of hydrogen-bond acceptors (Lipinski definition) is 2. The van der Waals surface area contributed by atoms with Crippen LogP contribution in [0.15, 0.2) is 18.2 Å². The van der Waals surface area contributed by atoms with E-state index < -0.39 is 23.7 Å². The molecule has 0 radical (unpaired) electrons. The van der Waals surface area contributed by atoms with Crippen LogP contribution in [-0.2, 0) is 4.79 Å². The summed E-state index contributed by atoms with van der Waals surface area (Å²) < 4.78 is 29.9. The number of ether oxygens (including phenoxy) is 1. The van der Waals surface area contributed by atoms with Gasteiger partial charge in [-0.2, -0.15) is 0 Å². The average Bonchev–Trinajstić information content (AvgIpc) is 2.26. The second-order valence-electron chi connectivity index (χ2n) is 2.67. The smallest absolute Gasteiger partial charge is 0.344 e. The quantitative estimate of drug-likeness (QED) is 0.871. The lowest BCUT2D eigenvalue weighted by Gasteiger charge is -2.09. The molecule has 5 heteroatoms. The van der Waals surface area contributed by atoms with Gasteiger partial charge in [0.15, 0.2) is 17.7 Å². The number of rotatable bonds is 3. The van der Waals surface area contributed by atoms with Crippen LogP contribution in [-0.4, -0.2) is 17.2 Å². The Hall–Kier alpha value is -1.65. The lowest BCUT2D eigenvalue weighted by atomic mass is 10.3. The highest BCUT2D eigenvalue weighted by atomic mass is 19.2. The van der Waals surface area contributed by atoms with Gasteiger partial charge >= 0.3 is 5.97 Å². The van der Waals surface area contributed by atoms with Crippen molar-refractivity contribution in [3.63, 3.8) is 0 Å². The normalized spacial score (nSPS) is 11.1. The van der Waals surface area contributed by atoms with Crippen LogP contribution in [0, 0.1) is 11.6 Å². The van der Waals surface area contributed by atoms with E-state index in [1.165, 1.54) is 6.92 Å². The van der Waals surface area contributed by atoms with Gasteiger partial charge in [-0.3, -0.25) is 0 Å². The predicted molar refractivity (Wildman–Crippen MR) is 55.4 cm³/mol. The van der Waals surface area contributed by atoms with Gasteiger partial charge in [-0.1, -0.05) is 13.8 Å². The molecule has 1 atom stereocenters. The van der Waals surface area contributed by atoms with Gasteiger partial charge < -0.3 is 9.84 Å². The number of benzene rings is 1. The summed E-state index contributed by atoms with van der Waals surface area (Å²) in [6.45, 7) is 5.30. The summed E-state index contributed by atoms with van der Waals surface area (Å²) in [6.07, 6.45) is -1.10. The molecule has 16 heavy (non-hydrogen) atoms. The monoisotopic (exact) mass is 232 g/mol. The molecule has 90 valence electrons. The largest absolute Gasteiger partial charge is 0.479 e. The molecule has 0 bridgehead atoms. The van der Waals surface area contributed by atoms with E-state index in [0.717, 1.165) is 18.2 Å². The first kappa shape index (κ1) is 14.3. The molecule has 0 heterocycles. The van der Waals surface area contributed by atoms with Gasteiger partial charge in [-0.15, -0.1) is 0 Å². The predicted octanol–water partition coefficient (Wildman–Crippen LogP) is 2.84. The number of hydrogen-bond donors (Lipinski definition) is 1. The van der Waals surface area contributed by atoms with Crippen LogP contribution in [0.3, 0.4) is 0 Å². The van der Waals surface area contributed by atoms with Gasteiger partial charge in [0.25, 0.3) is 0 Å². The van der Waals surface area contributed by atoms with Gasteiger partial charge in [0.1, 0.15) is 5.75 Å². The van der Waals surface area contributed by atoms with Crippen molar-refractivity contribution in [3.8, 4) is 5.75 Å². The molecular weight excluding hydrogens is 218 g/mol. The maximum absolute atomic E-state index is 12.6. The summed E-state index contributed by atoms with van der Waals surface area (Å²) in [4.78, 5) is 10.4. The molecule has 1 N–H and O–H groups in total. The summed E-state index contributed by atoms with van der Waals surface area (Å²) in [5, 5.41) is 8.47. The molecular formula is C11H14F2O3. The van der Waals surface area contributed by atoms with E-state index in [-0.39, 0.29) is 5.75 Å². The lowest BCUT2D eigenvalue weighted by molar-refractivity contribution is -0.144. The number of carbonyl (C=O) groups is 1. The summed E-state index contributed by atoms with van der Waals surface area (Å²) in [7, 11) is 0. The Kier molecular flexibility index (Phi) is 6.07. The molecule has 1 unspecified atom stereocenters. The zero-order chi connectivity index (χ0) is 12.7. The van der Waals surface area contributed by atoms with E-state index in [1.807, 2.05) is 13.8 Å². The van der Waals surface area contributed by atoms with Crippen molar-refractivity contribution in [1.82, 2.24) is 0 Å². The highest BCUT2D eigenvalue weighted by Gasteiger charge is 2.13. The van der Waals surface area contributed by atoms with Crippen LogP contribution in [0.1, 0.15) is 20.8 Å². The third-order valence-corrected chi connectivity index (χ3v) is 1.55. The molecule has 0 fully saturated rings. The van der Waals surface area contributed by atoms with E-state index in [9.17, 15) is 13.6 Å². The van der Waals surface area contributed by atoms with Crippen LogP contribution in [0.25, 0.3) is 0 Å². The summed E-state index contributed by atoms with van der Waals surface area (Å²) in [6, 6.07) is 2.84. The van der Waals surface area contributed by atoms with Crippen LogP contribution >= 0.6 is 0 Å². The van der Waals surface area contributed by atoms with Crippen molar-refractivity contribution >= 4 is 5.97 Å². The van der Waals surface area contributed by atoms with Crippen molar-refractivity contribution in [1.29, 1.82) is 0 Å². The zero-order valence-corrected chi connectivity index (χ0v) is 9.33. The molecule has 1 aromatic rings. The van der Waals surface area contributed by atoms with Crippen molar-refractivity contribution in [2.75, 3.05) is 0 Å². The highest BCUT2D eigenvalue weighted by Crippen LogP contribution is 2.16. The van der Waals surface area contributed by atoms with E-state index in [1.54, 1.807) is 0 Å². The minimum atomic E-state index is -1.17. The maximum Gasteiger partial charge on any atom is 0.344 e. The first-order valence-electron chi connectivity index (χ1n) is 4.85. The molecule has 0 aliphatic rings. The molecule has 1 rings (SSSR count). The van der Waals surface area contributed by atoms with Gasteiger partial charge in [0.05, 0.1) is 0 Å². The van der Waals surface area contributed by atoms with E-state index in [4.69, 9.17) is 9.84 Å². The summed E-state index contributed by atoms with van der Waals surface area (Å²) in [5.41, 5.74) is 0. The Balaban J connectivity index is 0.00000106. The van der Waals surface area contributed by atoms with Gasteiger partial charge in [-0.05, 0) is 19.1 Å². The molecule has 0 saturated heterocycles. The number of aliphatic carboxylic acids is 1. The number of carboxylic acid groups (broad SMARTS) is 1. The SMILES string of the molecule is CC.CC(Oc1ccc(F)c(F)c1)C(=O)O. The van der Waals surface area contributed by atoms with Crippen molar-refractivity contribution in [2.24, 2.45) is 0 Å². The lowest BCUT2D eigenvalue weighted by Crippen LogP contribution is -2.22. The first-order valence-corrected chi connectivity index (χ1v) is 4.85. The fourth-order valence-electron chi connectivity index (χ4n) is 0.805. The van der Waals surface area contributed by atoms with Crippen LogP contribution in [0.4, 0.5) is 8.78 Å². The van der Waals surface area contributed by atoms with Crippen LogP contribution in [0.2, 0.25) is 0 Å². The summed E-state index contributed by atoms with van der Waals surface area (Å²) in [5.74, 6) is -3.26. The van der Waals surface area contributed by atoms with Crippen molar-refractivity contribution < 1.29 is 23.4 Å². The van der Waals surface area contributed by atoms with Crippen LogP contribution in [0.5, 0.6) is 5.75 Å². The zero-order valence-electron chi connectivity index (χ0n) is 9.33. The fourth-order valence-corrected chi connectivity index (χ4v) is 0.805. The van der Waals surface area contributed by atoms with Gasteiger partial charge in [-0.25, -0.2) is 13.6 Å². The second-order valence-corrected chi connectivity index (χ2v) is 2.67. The Morgan fingerprint density at radius 3 is 2.31 bits per heavy atom. The van der Waals surface area contributed by atoms with E-state index >= 15 is 0 Å². The Labute approximate surface area is 92.7 Å². The maximum atomic E-state index is 12.6. The van der Waals surface area contributed by atoms with Crippen LogP contribution < -0.4 is 4.74 Å². The Morgan fingerprint density at radius 2 is 1.88 bits per heavy atom. The molecule has 0 amide bonds. The topological polar surface area (TPSA) is 46.5 Å². The second kappa shape index (κ2) is 6.76. The van der Waals surface area contributed by atoms with Crippen molar-refractivity contribution in [3.05, 3.63) is 29.8 Å². The van der Waals surface area contributed by atoms with E-state index in [2.05, 4.69) is 0 Å². The van der Waals surface area contributed by atoms with Gasteiger partial charge in [0.2, 0.25) is 0 Å². The molecule has 3 nitrogen and oxygen atoms in total. The Morgan fingerprint density at radius 1 is 1.31 bits per heavy atom. The molecule has 0 aliphatic carbocycles. The average molecular weight is 232 g/mol. The first-order chi connectivity index (χ1) is 7.50. The summed E-state index contributed by atoms with van der Waals surface area (Å²) >= 11 is 0.